The Kier molecular flexibility index (Phi) is 28.0. The molecule has 0 saturated heterocycles. The lowest BCUT2D eigenvalue weighted by molar-refractivity contribution is 0.0905. The van der Waals surface area contributed by atoms with Crippen LogP contribution < -0.4 is 0 Å². The minimum absolute atomic E-state index is 0.198. The van der Waals surface area contributed by atoms with Crippen LogP contribution in [0.25, 0.3) is 0 Å². The average Bonchev–Trinajstić information content (AvgIpc) is 2.81. The van der Waals surface area contributed by atoms with Crippen molar-refractivity contribution in [3.05, 3.63) is 0 Å². The van der Waals surface area contributed by atoms with E-state index < -0.39 is 0 Å². The van der Waals surface area contributed by atoms with Crippen molar-refractivity contribution in [3.8, 4) is 0 Å². The summed E-state index contributed by atoms with van der Waals surface area (Å²) in [5.74, 6) is 0. The van der Waals surface area contributed by atoms with Crippen LogP contribution in [0.4, 0.5) is 0 Å². The lowest BCUT2D eigenvalue weighted by Gasteiger charge is -2.24. The van der Waals surface area contributed by atoms with Crippen molar-refractivity contribution in [2.24, 2.45) is 0 Å². The summed E-state index contributed by atoms with van der Waals surface area (Å²) in [5.41, 5.74) is 0. The largest absolute Gasteiger partial charge is 0.395 e. The van der Waals surface area contributed by atoms with E-state index in [1.165, 1.54) is 135 Å². The van der Waals surface area contributed by atoms with Gasteiger partial charge in [-0.2, -0.15) is 0 Å². The minimum atomic E-state index is -0.234. The van der Waals surface area contributed by atoms with E-state index in [2.05, 4.69) is 18.7 Å². The molecule has 0 aromatic carbocycles. The highest BCUT2D eigenvalue weighted by molar-refractivity contribution is 4.65. The van der Waals surface area contributed by atoms with Crippen LogP contribution in [-0.2, 0) is 0 Å². The summed E-state index contributed by atoms with van der Waals surface area (Å²) in [6.45, 7) is 7.21. The summed E-state index contributed by atoms with van der Waals surface area (Å²) in [5, 5.41) is 19.8. The molecule has 200 valence electrons. The molecule has 0 fully saturated rings. The number of hydrogen-bond acceptors (Lipinski definition) is 3. The second-order valence-electron chi connectivity index (χ2n) is 10.5. The highest BCUT2D eigenvalue weighted by atomic mass is 16.3. The van der Waals surface area contributed by atoms with E-state index in [0.717, 1.165) is 25.9 Å². The van der Waals surface area contributed by atoms with E-state index in [4.69, 9.17) is 0 Å². The maximum atomic E-state index is 10.4. The van der Waals surface area contributed by atoms with Gasteiger partial charge in [-0.25, -0.2) is 0 Å². The van der Waals surface area contributed by atoms with Gasteiger partial charge >= 0.3 is 0 Å². The van der Waals surface area contributed by atoms with E-state index in [0.29, 0.717) is 6.54 Å². The molecule has 0 rings (SSSR count). The number of nitrogens with zero attached hydrogens (tertiary/aromatic N) is 1. The van der Waals surface area contributed by atoms with Crippen LogP contribution in [0.1, 0.15) is 162 Å². The lowest BCUT2D eigenvalue weighted by Crippen LogP contribution is -2.35. The third-order valence-corrected chi connectivity index (χ3v) is 7.10. The predicted octanol–water partition coefficient (Wildman–Crippen LogP) is 8.65. The molecule has 0 bridgehead atoms. The third-order valence-electron chi connectivity index (χ3n) is 7.10. The van der Waals surface area contributed by atoms with Crippen molar-refractivity contribution in [3.63, 3.8) is 0 Å². The first-order chi connectivity index (χ1) is 16.2. The summed E-state index contributed by atoms with van der Waals surface area (Å²) >= 11 is 0. The van der Waals surface area contributed by atoms with Crippen LogP contribution in [-0.4, -0.2) is 47.5 Å². The van der Waals surface area contributed by atoms with Gasteiger partial charge in [-0.05, 0) is 19.4 Å². The summed E-state index contributed by atoms with van der Waals surface area (Å²) in [7, 11) is 0. The van der Waals surface area contributed by atoms with Crippen LogP contribution in [0.2, 0.25) is 0 Å². The minimum Gasteiger partial charge on any atom is -0.395 e. The Hall–Kier alpha value is -0.120. The first-order valence-corrected chi connectivity index (χ1v) is 15.3. The highest BCUT2D eigenvalue weighted by Crippen LogP contribution is 2.14. The van der Waals surface area contributed by atoms with Gasteiger partial charge < -0.3 is 10.2 Å². The van der Waals surface area contributed by atoms with Crippen molar-refractivity contribution in [1.82, 2.24) is 4.90 Å². The van der Waals surface area contributed by atoms with Gasteiger partial charge in [0.15, 0.2) is 0 Å². The Balaban J connectivity index is 3.54. The molecule has 0 saturated carbocycles. The number of aliphatic hydroxyl groups is 2. The Morgan fingerprint density at radius 3 is 1.24 bits per heavy atom. The molecule has 0 aromatic rings. The molecule has 0 aromatic heterocycles. The molecule has 1 unspecified atom stereocenters. The van der Waals surface area contributed by atoms with Crippen molar-refractivity contribution in [1.29, 1.82) is 0 Å². The van der Waals surface area contributed by atoms with Crippen LogP contribution in [0.15, 0.2) is 0 Å². The quantitative estimate of drug-likeness (QED) is 0.113. The molecule has 0 aliphatic heterocycles. The zero-order chi connectivity index (χ0) is 24.2. The fourth-order valence-corrected chi connectivity index (χ4v) is 4.87. The van der Waals surface area contributed by atoms with E-state index in [1.54, 1.807) is 0 Å². The molecule has 33 heavy (non-hydrogen) atoms. The third kappa shape index (κ3) is 26.3. The van der Waals surface area contributed by atoms with Crippen LogP contribution in [0.3, 0.4) is 0 Å². The maximum Gasteiger partial charge on any atom is 0.0667 e. The first kappa shape index (κ1) is 32.9. The highest BCUT2D eigenvalue weighted by Gasteiger charge is 2.11. The predicted molar refractivity (Wildman–Crippen MR) is 147 cm³/mol. The molecule has 3 heteroatoms. The Morgan fingerprint density at radius 1 is 0.485 bits per heavy atom. The van der Waals surface area contributed by atoms with Gasteiger partial charge in [-0.1, -0.05) is 149 Å². The SMILES string of the molecule is CCCCCCCCCCCCCCC(O)CN(CCO)CCCCCCCCCCCC. The first-order valence-electron chi connectivity index (χ1n) is 15.3. The van der Waals surface area contributed by atoms with Crippen LogP contribution in [0.5, 0.6) is 0 Å². The Labute approximate surface area is 209 Å². The fraction of sp³-hybridized carbons (Fsp3) is 1.00. The molecule has 3 nitrogen and oxygen atoms in total. The van der Waals surface area contributed by atoms with Crippen molar-refractivity contribution in [2.75, 3.05) is 26.2 Å². The second-order valence-corrected chi connectivity index (χ2v) is 10.5. The maximum absolute atomic E-state index is 10.4. The summed E-state index contributed by atoms with van der Waals surface area (Å²) < 4.78 is 0. The lowest BCUT2D eigenvalue weighted by atomic mass is 10.0. The van der Waals surface area contributed by atoms with Crippen molar-refractivity contribution < 1.29 is 10.2 Å². The molecule has 0 aliphatic rings. The molecule has 0 radical (unpaired) electrons. The molecule has 0 amide bonds. The number of unbranched alkanes of at least 4 members (excludes halogenated alkanes) is 20. The monoisotopic (exact) mass is 469 g/mol. The van der Waals surface area contributed by atoms with Crippen LogP contribution >= 0.6 is 0 Å². The van der Waals surface area contributed by atoms with Crippen molar-refractivity contribution in [2.45, 2.75) is 168 Å². The molecule has 2 N–H and O–H groups in total. The molecule has 0 heterocycles. The zero-order valence-electron chi connectivity index (χ0n) is 23.0. The Bertz CT molecular complexity index is 350. The normalized spacial score (nSPS) is 12.6. The summed E-state index contributed by atoms with van der Waals surface area (Å²) in [6, 6.07) is 0. The van der Waals surface area contributed by atoms with Gasteiger partial charge in [-0.15, -0.1) is 0 Å². The standard InChI is InChI=1S/C30H63NO2/c1-3-5-7-9-11-13-15-16-17-19-21-23-25-30(33)29-31(27-28-32)26-24-22-20-18-14-12-10-8-6-4-2/h30,32-33H,3-29H2,1-2H3. The van der Waals surface area contributed by atoms with Gasteiger partial charge in [0, 0.05) is 13.1 Å². The van der Waals surface area contributed by atoms with E-state index in [9.17, 15) is 10.2 Å². The zero-order valence-corrected chi connectivity index (χ0v) is 23.0. The Morgan fingerprint density at radius 2 is 0.848 bits per heavy atom. The number of hydrogen-bond donors (Lipinski definition) is 2. The number of aliphatic hydroxyl groups excluding tert-OH is 2. The van der Waals surface area contributed by atoms with Gasteiger partial charge in [0.05, 0.1) is 12.7 Å². The summed E-state index contributed by atoms with van der Waals surface area (Å²) in [4.78, 5) is 2.27. The van der Waals surface area contributed by atoms with E-state index >= 15 is 0 Å². The van der Waals surface area contributed by atoms with E-state index in [1.807, 2.05) is 0 Å². The van der Waals surface area contributed by atoms with E-state index in [-0.39, 0.29) is 12.7 Å². The topological polar surface area (TPSA) is 43.7 Å². The average molecular weight is 470 g/mol. The molecular formula is C30H63NO2. The molecular weight excluding hydrogens is 406 g/mol. The van der Waals surface area contributed by atoms with Gasteiger partial charge in [-0.3, -0.25) is 4.90 Å². The molecule has 0 aliphatic carbocycles. The smallest absolute Gasteiger partial charge is 0.0667 e. The molecule has 1 atom stereocenters. The summed E-state index contributed by atoms with van der Waals surface area (Å²) in [6.07, 6.45) is 30.5. The van der Waals surface area contributed by atoms with Gasteiger partial charge in [0.2, 0.25) is 0 Å². The fourth-order valence-electron chi connectivity index (χ4n) is 4.87. The van der Waals surface area contributed by atoms with Gasteiger partial charge in [0.25, 0.3) is 0 Å². The number of rotatable bonds is 28. The van der Waals surface area contributed by atoms with Crippen LogP contribution in [0, 0.1) is 0 Å². The van der Waals surface area contributed by atoms with Crippen molar-refractivity contribution >= 4 is 0 Å². The molecule has 0 spiro atoms. The van der Waals surface area contributed by atoms with Gasteiger partial charge in [0.1, 0.15) is 0 Å². The second kappa shape index (κ2) is 28.1.